The Morgan fingerprint density at radius 3 is 2.10 bits per heavy atom. The van der Waals surface area contributed by atoms with Crippen LogP contribution in [0.25, 0.3) is 6.08 Å². The topological polar surface area (TPSA) is 69.2 Å². The van der Waals surface area contributed by atoms with Gasteiger partial charge in [-0.1, -0.05) is 15.9 Å². The molecular weight excluding hydrogens is 456 g/mol. The van der Waals surface area contributed by atoms with Gasteiger partial charge in [0.05, 0.1) is 31.9 Å². The Morgan fingerprint density at radius 1 is 1.00 bits per heavy atom. The van der Waals surface area contributed by atoms with E-state index in [-0.39, 0.29) is 5.91 Å². The predicted octanol–water partition coefficient (Wildman–Crippen LogP) is 4.98. The molecule has 152 valence electrons. The molecule has 0 atom stereocenters. The van der Waals surface area contributed by atoms with Crippen molar-refractivity contribution >= 4 is 50.5 Å². The molecule has 1 amide bonds. The van der Waals surface area contributed by atoms with Gasteiger partial charge >= 0.3 is 0 Å². The average molecular weight is 477 g/mol. The van der Waals surface area contributed by atoms with Crippen molar-refractivity contribution in [2.24, 2.45) is 4.99 Å². The number of amides is 1. The molecule has 3 rings (SSSR count). The minimum atomic E-state index is -0.201. The minimum absolute atomic E-state index is 0.201. The largest absolute Gasteiger partial charge is 0.493 e. The number of benzene rings is 2. The first kappa shape index (κ1) is 21.3. The highest BCUT2D eigenvalue weighted by Crippen LogP contribution is 2.39. The van der Waals surface area contributed by atoms with Crippen molar-refractivity contribution < 1.29 is 19.0 Å². The second kappa shape index (κ2) is 8.92. The normalized spacial score (nSPS) is 16.3. The number of carbonyl (C=O) groups is 1. The molecule has 1 heterocycles. The van der Waals surface area contributed by atoms with Gasteiger partial charge in [0.2, 0.25) is 5.75 Å². The summed E-state index contributed by atoms with van der Waals surface area (Å²) in [6, 6.07) is 7.52. The summed E-state index contributed by atoms with van der Waals surface area (Å²) in [6.45, 7) is 4.02. The summed E-state index contributed by atoms with van der Waals surface area (Å²) >= 11 is 4.84. The zero-order valence-electron chi connectivity index (χ0n) is 16.8. The van der Waals surface area contributed by atoms with E-state index in [1.807, 2.05) is 26.0 Å². The highest BCUT2D eigenvalue weighted by Gasteiger charge is 2.24. The van der Waals surface area contributed by atoms with Crippen LogP contribution in [0.5, 0.6) is 17.2 Å². The Hall–Kier alpha value is -2.45. The van der Waals surface area contributed by atoms with Crippen LogP contribution in [0.2, 0.25) is 0 Å². The van der Waals surface area contributed by atoms with Crippen molar-refractivity contribution in [1.82, 2.24) is 5.32 Å². The van der Waals surface area contributed by atoms with Crippen LogP contribution in [-0.4, -0.2) is 32.4 Å². The Bertz CT molecular complexity index is 985. The Kier molecular flexibility index (Phi) is 6.54. The molecule has 0 aromatic heterocycles. The molecule has 1 N–H and O–H groups in total. The van der Waals surface area contributed by atoms with Crippen LogP contribution < -0.4 is 19.5 Å². The zero-order valence-corrected chi connectivity index (χ0v) is 19.2. The summed E-state index contributed by atoms with van der Waals surface area (Å²) in [6.07, 6.45) is 1.77. The molecule has 1 fully saturated rings. The van der Waals surface area contributed by atoms with E-state index in [0.29, 0.717) is 27.3 Å². The van der Waals surface area contributed by atoms with E-state index in [1.54, 1.807) is 39.5 Å². The van der Waals surface area contributed by atoms with Crippen LogP contribution in [0.4, 0.5) is 5.69 Å². The number of hydrogen-bond acceptors (Lipinski definition) is 6. The Balaban J connectivity index is 1.92. The lowest BCUT2D eigenvalue weighted by Crippen LogP contribution is -2.19. The molecule has 1 aliphatic heterocycles. The standard InChI is InChI=1S/C21H21BrN2O4S/c1-11-6-14(7-12(2)18(11)22)23-21-24-20(25)17(29-21)10-13-8-15(26-3)19(28-5)16(9-13)27-4/h6-10H,1-5H3,(H,23,24,25)/b17-10-. The Morgan fingerprint density at radius 2 is 1.59 bits per heavy atom. The van der Waals surface area contributed by atoms with E-state index in [9.17, 15) is 4.79 Å². The van der Waals surface area contributed by atoms with Gasteiger partial charge in [-0.25, -0.2) is 4.99 Å². The number of methoxy groups -OCH3 is 3. The van der Waals surface area contributed by atoms with E-state index in [4.69, 9.17) is 14.2 Å². The predicted molar refractivity (Wildman–Crippen MR) is 121 cm³/mol. The first-order valence-electron chi connectivity index (χ1n) is 8.72. The smallest absolute Gasteiger partial charge is 0.264 e. The third kappa shape index (κ3) is 4.59. The fourth-order valence-corrected chi connectivity index (χ4v) is 3.99. The highest BCUT2D eigenvalue weighted by molar-refractivity contribution is 9.10. The van der Waals surface area contributed by atoms with Gasteiger partial charge in [0, 0.05) is 4.47 Å². The lowest BCUT2D eigenvalue weighted by molar-refractivity contribution is -0.115. The summed E-state index contributed by atoms with van der Waals surface area (Å²) in [7, 11) is 4.66. The maximum Gasteiger partial charge on any atom is 0.264 e. The van der Waals surface area contributed by atoms with Crippen molar-refractivity contribution in [2.75, 3.05) is 21.3 Å². The first-order chi connectivity index (χ1) is 13.9. The first-order valence-corrected chi connectivity index (χ1v) is 10.3. The second-order valence-corrected chi connectivity index (χ2v) is 8.16. The third-order valence-corrected chi connectivity index (χ3v) is 6.45. The molecule has 0 bridgehead atoms. The number of nitrogens with zero attached hydrogens (tertiary/aromatic N) is 1. The fourth-order valence-electron chi connectivity index (χ4n) is 2.92. The molecule has 29 heavy (non-hydrogen) atoms. The van der Waals surface area contributed by atoms with Crippen molar-refractivity contribution in [1.29, 1.82) is 0 Å². The highest BCUT2D eigenvalue weighted by atomic mass is 79.9. The molecule has 2 aromatic rings. The van der Waals surface area contributed by atoms with Crippen molar-refractivity contribution in [3.05, 3.63) is 50.3 Å². The molecule has 0 saturated carbocycles. The van der Waals surface area contributed by atoms with Gasteiger partial charge < -0.3 is 19.5 Å². The molecule has 1 saturated heterocycles. The third-order valence-electron chi connectivity index (χ3n) is 4.29. The van der Waals surface area contributed by atoms with Crippen LogP contribution >= 0.6 is 27.7 Å². The molecular formula is C21H21BrN2O4S. The molecule has 2 aromatic carbocycles. The molecule has 6 nitrogen and oxygen atoms in total. The average Bonchev–Trinajstić information content (AvgIpc) is 3.03. The lowest BCUT2D eigenvalue weighted by Gasteiger charge is -2.12. The lowest BCUT2D eigenvalue weighted by atomic mass is 10.1. The van der Waals surface area contributed by atoms with Crippen LogP contribution in [0, 0.1) is 13.8 Å². The van der Waals surface area contributed by atoms with Gasteiger partial charge in [-0.2, -0.15) is 0 Å². The maximum absolute atomic E-state index is 12.4. The molecule has 8 heteroatoms. The van der Waals surface area contributed by atoms with Gasteiger partial charge in [-0.3, -0.25) is 4.79 Å². The number of carbonyl (C=O) groups excluding carboxylic acids is 1. The van der Waals surface area contributed by atoms with Crippen LogP contribution in [-0.2, 0) is 4.79 Å². The van der Waals surface area contributed by atoms with Gasteiger partial charge in [-0.15, -0.1) is 0 Å². The quantitative estimate of drug-likeness (QED) is 0.615. The number of amidine groups is 1. The summed E-state index contributed by atoms with van der Waals surface area (Å²) in [5.41, 5.74) is 3.73. The molecule has 0 aliphatic carbocycles. The monoisotopic (exact) mass is 476 g/mol. The van der Waals surface area contributed by atoms with Gasteiger partial charge in [0.1, 0.15) is 0 Å². The van der Waals surface area contributed by atoms with E-state index >= 15 is 0 Å². The molecule has 1 aliphatic rings. The van der Waals surface area contributed by atoms with Crippen molar-refractivity contribution in [2.45, 2.75) is 13.8 Å². The summed E-state index contributed by atoms with van der Waals surface area (Å²) in [4.78, 5) is 17.5. The van der Waals surface area contributed by atoms with Crippen LogP contribution in [0.15, 0.2) is 38.6 Å². The van der Waals surface area contributed by atoms with E-state index in [1.165, 1.54) is 11.8 Å². The molecule has 0 unspecified atom stereocenters. The van der Waals surface area contributed by atoms with Crippen LogP contribution in [0.3, 0.4) is 0 Å². The minimum Gasteiger partial charge on any atom is -0.493 e. The van der Waals surface area contributed by atoms with E-state index in [0.717, 1.165) is 26.9 Å². The zero-order chi connectivity index (χ0) is 21.1. The molecule has 0 spiro atoms. The number of hydrogen-bond donors (Lipinski definition) is 1. The number of ether oxygens (including phenoxy) is 3. The van der Waals surface area contributed by atoms with E-state index in [2.05, 4.69) is 26.2 Å². The summed E-state index contributed by atoms with van der Waals surface area (Å²) in [5.74, 6) is 1.35. The number of aryl methyl sites for hydroxylation is 2. The SMILES string of the molecule is COc1cc(/C=C2\SC(=Nc3cc(C)c(Br)c(C)c3)NC2=O)cc(OC)c1OC. The number of aliphatic imine (C=N–C) groups is 1. The maximum atomic E-state index is 12.4. The Labute approximate surface area is 182 Å². The van der Waals surface area contributed by atoms with Gasteiger partial charge in [0.25, 0.3) is 5.91 Å². The second-order valence-electron chi connectivity index (χ2n) is 6.33. The number of rotatable bonds is 5. The fraction of sp³-hybridized carbons (Fsp3) is 0.238. The van der Waals surface area contributed by atoms with Gasteiger partial charge in [0.15, 0.2) is 16.7 Å². The van der Waals surface area contributed by atoms with Gasteiger partial charge in [-0.05, 0) is 72.6 Å². The number of thioether (sulfide) groups is 1. The number of nitrogens with one attached hydrogen (secondary N) is 1. The van der Waals surface area contributed by atoms with Crippen molar-refractivity contribution in [3.63, 3.8) is 0 Å². The van der Waals surface area contributed by atoms with E-state index < -0.39 is 0 Å². The summed E-state index contributed by atoms with van der Waals surface area (Å²) in [5, 5.41) is 3.35. The molecule has 0 radical (unpaired) electrons. The van der Waals surface area contributed by atoms with Crippen molar-refractivity contribution in [3.8, 4) is 17.2 Å². The van der Waals surface area contributed by atoms with Crippen LogP contribution in [0.1, 0.15) is 16.7 Å². The summed E-state index contributed by atoms with van der Waals surface area (Å²) < 4.78 is 17.1. The number of halogens is 1.